The van der Waals surface area contributed by atoms with Gasteiger partial charge in [0.05, 0.1) is 5.02 Å². The third kappa shape index (κ3) is 2.43. The Morgan fingerprint density at radius 2 is 2.17 bits per heavy atom. The molecule has 0 unspecified atom stereocenters. The van der Waals surface area contributed by atoms with Gasteiger partial charge in [0.25, 0.3) is 5.84 Å². The molecule has 0 spiro atoms. The Hall–Kier alpha value is -1.22. The average molecular weight is 186 g/mol. The number of nitrogens with two attached hydrogens (primary N) is 2. The van der Waals surface area contributed by atoms with Crippen molar-refractivity contribution in [2.75, 3.05) is 6.61 Å². The minimum absolute atomic E-state index is 0.184. The van der Waals surface area contributed by atoms with E-state index < -0.39 is 0 Å². The number of halogens is 1. The van der Waals surface area contributed by atoms with Crippen molar-refractivity contribution in [3.8, 4) is 5.75 Å². The maximum absolute atomic E-state index is 5.79. The van der Waals surface area contributed by atoms with Crippen LogP contribution in [0.5, 0.6) is 5.75 Å². The van der Waals surface area contributed by atoms with Gasteiger partial charge in [-0.25, -0.2) is 0 Å². The number of hydrogen-bond donors (Lipinski definition) is 2. The van der Waals surface area contributed by atoms with E-state index in [0.29, 0.717) is 10.8 Å². The van der Waals surface area contributed by atoms with Gasteiger partial charge in [-0.2, -0.15) is 0 Å². The number of rotatable bonds is 3. The molecule has 0 aliphatic heterocycles. The van der Waals surface area contributed by atoms with E-state index in [1.165, 1.54) is 0 Å². The maximum Gasteiger partial charge on any atom is 0.276 e. The number of amidine groups is 1. The molecule has 1 aromatic carbocycles. The first kappa shape index (κ1) is 8.87. The maximum atomic E-state index is 5.79. The highest BCUT2D eigenvalue weighted by atomic mass is 35.5. The van der Waals surface area contributed by atoms with Gasteiger partial charge in [-0.1, -0.05) is 23.7 Å². The largest absolute Gasteiger partial charge is 0.479 e. The van der Waals surface area contributed by atoms with Gasteiger partial charge >= 0.3 is 0 Å². The lowest BCUT2D eigenvalue weighted by Crippen LogP contribution is -2.49. The van der Waals surface area contributed by atoms with Crippen LogP contribution in [0, 0.1) is 0 Å². The normalized spacial score (nSPS) is 9.42. The molecule has 0 saturated heterocycles. The predicted molar refractivity (Wildman–Crippen MR) is 48.1 cm³/mol. The van der Waals surface area contributed by atoms with Crippen LogP contribution in [0.3, 0.4) is 0 Å². The Bertz CT molecular complexity index is 288. The van der Waals surface area contributed by atoms with Crippen molar-refractivity contribution in [3.05, 3.63) is 29.3 Å². The fourth-order valence-electron chi connectivity index (χ4n) is 0.723. The van der Waals surface area contributed by atoms with Crippen LogP contribution in [0.4, 0.5) is 0 Å². The predicted octanol–water partition coefficient (Wildman–Crippen LogP) is -0.165. The zero-order chi connectivity index (χ0) is 8.97. The molecule has 0 heterocycles. The van der Waals surface area contributed by atoms with Crippen molar-refractivity contribution in [2.24, 2.45) is 5.73 Å². The number of ether oxygens (including phenoxy) is 1. The summed E-state index contributed by atoms with van der Waals surface area (Å²) in [5.74, 6) is 0.822. The fraction of sp³-hybridized carbons (Fsp3) is 0.125. The van der Waals surface area contributed by atoms with Crippen LogP contribution in [-0.4, -0.2) is 12.4 Å². The third-order valence-corrected chi connectivity index (χ3v) is 1.54. The fourth-order valence-corrected chi connectivity index (χ4v) is 0.913. The molecule has 1 aromatic rings. The summed E-state index contributed by atoms with van der Waals surface area (Å²) in [6.07, 6.45) is 0. The molecule has 0 aliphatic rings. The second kappa shape index (κ2) is 3.97. The first-order valence-corrected chi connectivity index (χ1v) is 3.82. The molecule has 1 rings (SSSR count). The summed E-state index contributed by atoms with van der Waals surface area (Å²) in [5, 5.41) is 5.77. The highest BCUT2D eigenvalue weighted by Crippen LogP contribution is 2.22. The van der Waals surface area contributed by atoms with E-state index in [4.69, 9.17) is 27.5 Å². The SMILES string of the molecule is NC(=[NH2+])COc1ccccc1Cl. The van der Waals surface area contributed by atoms with Crippen LogP contribution < -0.4 is 15.9 Å². The standard InChI is InChI=1S/C8H9ClN2O/c9-6-3-1-2-4-7(6)12-5-8(10)11/h1-4H,5H2,(H3,10,11)/p+1. The van der Waals surface area contributed by atoms with Crippen LogP contribution in [0.15, 0.2) is 24.3 Å². The summed E-state index contributed by atoms with van der Waals surface area (Å²) >= 11 is 5.79. The number of para-hydroxylation sites is 1. The van der Waals surface area contributed by atoms with E-state index in [1.807, 2.05) is 12.1 Å². The molecule has 0 fully saturated rings. The smallest absolute Gasteiger partial charge is 0.276 e. The zero-order valence-electron chi connectivity index (χ0n) is 6.46. The van der Waals surface area contributed by atoms with Crippen LogP contribution >= 0.6 is 11.6 Å². The Labute approximate surface area is 75.6 Å². The van der Waals surface area contributed by atoms with E-state index in [0.717, 1.165) is 0 Å². The van der Waals surface area contributed by atoms with Crippen LogP contribution in [0.1, 0.15) is 0 Å². The van der Waals surface area contributed by atoms with E-state index in [1.54, 1.807) is 12.1 Å². The topological polar surface area (TPSA) is 60.8 Å². The van der Waals surface area contributed by atoms with Crippen molar-refractivity contribution < 1.29 is 10.1 Å². The van der Waals surface area contributed by atoms with Crippen molar-refractivity contribution in [2.45, 2.75) is 0 Å². The molecule has 0 aliphatic carbocycles. The Balaban J connectivity index is 2.63. The average Bonchev–Trinajstić information content (AvgIpc) is 2.03. The van der Waals surface area contributed by atoms with Gasteiger partial charge in [-0.15, -0.1) is 0 Å². The lowest BCUT2D eigenvalue weighted by molar-refractivity contribution is -0.119. The van der Waals surface area contributed by atoms with Crippen molar-refractivity contribution in [1.29, 1.82) is 0 Å². The quantitative estimate of drug-likeness (QED) is 0.508. The third-order valence-electron chi connectivity index (χ3n) is 1.23. The molecule has 0 bridgehead atoms. The highest BCUT2D eigenvalue weighted by molar-refractivity contribution is 6.32. The summed E-state index contributed by atoms with van der Waals surface area (Å²) in [6, 6.07) is 7.15. The summed E-state index contributed by atoms with van der Waals surface area (Å²) in [5.41, 5.74) is 5.22. The lowest BCUT2D eigenvalue weighted by Gasteiger charge is -2.03. The monoisotopic (exact) mass is 185 g/mol. The Morgan fingerprint density at radius 1 is 1.50 bits per heavy atom. The first-order chi connectivity index (χ1) is 5.70. The van der Waals surface area contributed by atoms with E-state index >= 15 is 0 Å². The Morgan fingerprint density at radius 3 is 2.75 bits per heavy atom. The van der Waals surface area contributed by atoms with Crippen molar-refractivity contribution in [3.63, 3.8) is 0 Å². The lowest BCUT2D eigenvalue weighted by atomic mass is 10.3. The van der Waals surface area contributed by atoms with Crippen molar-refractivity contribution in [1.82, 2.24) is 0 Å². The molecule has 0 radical (unpaired) electrons. The highest BCUT2D eigenvalue weighted by Gasteiger charge is 2.01. The van der Waals surface area contributed by atoms with Crippen LogP contribution in [0.2, 0.25) is 5.02 Å². The second-order valence-electron chi connectivity index (χ2n) is 2.29. The summed E-state index contributed by atoms with van der Waals surface area (Å²) in [4.78, 5) is 0. The summed E-state index contributed by atoms with van der Waals surface area (Å²) < 4.78 is 5.18. The van der Waals surface area contributed by atoms with Gasteiger partial charge in [0.2, 0.25) is 0 Å². The molecule has 12 heavy (non-hydrogen) atoms. The van der Waals surface area contributed by atoms with Gasteiger partial charge in [0.1, 0.15) is 5.75 Å². The molecular weight excluding hydrogens is 176 g/mol. The molecule has 0 atom stereocenters. The van der Waals surface area contributed by atoms with Gasteiger partial charge in [0.15, 0.2) is 6.61 Å². The number of hydrogen-bond acceptors (Lipinski definition) is 1. The Kier molecular flexibility index (Phi) is 2.94. The van der Waals surface area contributed by atoms with Gasteiger partial charge in [-0.3, -0.25) is 11.1 Å². The van der Waals surface area contributed by atoms with Crippen molar-refractivity contribution >= 4 is 17.4 Å². The second-order valence-corrected chi connectivity index (χ2v) is 2.70. The minimum Gasteiger partial charge on any atom is -0.479 e. The number of benzene rings is 1. The van der Waals surface area contributed by atoms with Crippen LogP contribution in [0.25, 0.3) is 0 Å². The van der Waals surface area contributed by atoms with Crippen LogP contribution in [-0.2, 0) is 0 Å². The molecule has 0 aromatic heterocycles. The molecule has 3 nitrogen and oxygen atoms in total. The molecule has 4 N–H and O–H groups in total. The van der Waals surface area contributed by atoms with E-state index in [9.17, 15) is 0 Å². The van der Waals surface area contributed by atoms with Gasteiger partial charge in [-0.05, 0) is 12.1 Å². The van der Waals surface area contributed by atoms with Gasteiger partial charge in [0, 0.05) is 0 Å². The summed E-state index contributed by atoms with van der Waals surface area (Å²) in [7, 11) is 0. The molecule has 4 heteroatoms. The van der Waals surface area contributed by atoms with E-state index in [2.05, 4.69) is 0 Å². The first-order valence-electron chi connectivity index (χ1n) is 3.44. The molecule has 0 saturated carbocycles. The minimum atomic E-state index is 0.184. The zero-order valence-corrected chi connectivity index (χ0v) is 7.21. The molecular formula is C8H10ClN2O+. The van der Waals surface area contributed by atoms with Gasteiger partial charge < -0.3 is 4.74 Å². The molecule has 64 valence electrons. The van der Waals surface area contributed by atoms with E-state index in [-0.39, 0.29) is 12.4 Å². The molecule has 0 amide bonds. The summed E-state index contributed by atoms with van der Waals surface area (Å²) in [6.45, 7) is 0.184.